The number of nitrogens with one attached hydrogen (secondary N) is 1. The highest BCUT2D eigenvalue weighted by atomic mass is 16.2. The number of hydrogen-bond acceptors (Lipinski definition) is 4. The number of carbonyl (C=O) groups is 1. The number of rotatable bonds is 6. The number of carbonyl (C=O) groups excluding carboxylic acids is 1. The van der Waals surface area contributed by atoms with Gasteiger partial charge >= 0.3 is 0 Å². The summed E-state index contributed by atoms with van der Waals surface area (Å²) in [4.78, 5) is 17.5. The molecule has 5 nitrogen and oxygen atoms in total. The number of anilines is 1. The molecule has 5 heteroatoms. The Labute approximate surface area is 108 Å². The Morgan fingerprint density at radius 3 is 2.67 bits per heavy atom. The van der Waals surface area contributed by atoms with E-state index in [0.29, 0.717) is 18.2 Å². The zero-order chi connectivity index (χ0) is 13.5. The molecule has 100 valence electrons. The van der Waals surface area contributed by atoms with E-state index in [1.807, 2.05) is 6.07 Å². The number of amides is 1. The van der Waals surface area contributed by atoms with E-state index in [1.165, 1.54) is 4.90 Å². The molecule has 1 aromatic rings. The molecule has 1 amide bonds. The van der Waals surface area contributed by atoms with Gasteiger partial charge in [0.05, 0.1) is 5.56 Å². The summed E-state index contributed by atoms with van der Waals surface area (Å²) in [5.41, 5.74) is 6.14. The zero-order valence-corrected chi connectivity index (χ0v) is 11.3. The average molecular weight is 250 g/mol. The topological polar surface area (TPSA) is 71.2 Å². The molecule has 0 spiro atoms. The summed E-state index contributed by atoms with van der Waals surface area (Å²) < 4.78 is 0. The Morgan fingerprint density at radius 2 is 2.22 bits per heavy atom. The van der Waals surface area contributed by atoms with Gasteiger partial charge in [-0.15, -0.1) is 0 Å². The third-order valence-electron chi connectivity index (χ3n) is 2.78. The Morgan fingerprint density at radius 1 is 1.50 bits per heavy atom. The second-order valence-electron chi connectivity index (χ2n) is 4.46. The van der Waals surface area contributed by atoms with Crippen molar-refractivity contribution in [3.8, 4) is 0 Å². The fourth-order valence-corrected chi connectivity index (χ4v) is 1.65. The van der Waals surface area contributed by atoms with Gasteiger partial charge in [-0.05, 0) is 31.5 Å². The van der Waals surface area contributed by atoms with Crippen molar-refractivity contribution in [3.63, 3.8) is 0 Å². The van der Waals surface area contributed by atoms with Crippen molar-refractivity contribution in [3.05, 3.63) is 23.9 Å². The monoisotopic (exact) mass is 250 g/mol. The normalized spacial score (nSPS) is 12.0. The maximum Gasteiger partial charge on any atom is 0.254 e. The maximum absolute atomic E-state index is 11.7. The molecule has 1 heterocycles. The summed E-state index contributed by atoms with van der Waals surface area (Å²) in [7, 11) is 3.45. The first-order valence-electron chi connectivity index (χ1n) is 6.22. The van der Waals surface area contributed by atoms with Crippen LogP contribution in [-0.4, -0.2) is 42.5 Å². The van der Waals surface area contributed by atoms with Crippen molar-refractivity contribution in [2.45, 2.75) is 25.8 Å². The van der Waals surface area contributed by atoms with Gasteiger partial charge in [0.25, 0.3) is 5.91 Å². The number of nitrogens with two attached hydrogens (primary N) is 1. The minimum Gasteiger partial charge on any atom is -0.367 e. The minimum absolute atomic E-state index is 0.0388. The third kappa shape index (κ3) is 4.00. The zero-order valence-electron chi connectivity index (χ0n) is 11.3. The molecule has 0 bridgehead atoms. The summed E-state index contributed by atoms with van der Waals surface area (Å²) in [5, 5.41) is 3.31. The second-order valence-corrected chi connectivity index (χ2v) is 4.46. The molecule has 1 unspecified atom stereocenters. The van der Waals surface area contributed by atoms with Gasteiger partial charge in [-0.2, -0.15) is 0 Å². The van der Waals surface area contributed by atoms with Crippen LogP contribution in [0.3, 0.4) is 0 Å². The van der Waals surface area contributed by atoms with Gasteiger partial charge < -0.3 is 16.0 Å². The van der Waals surface area contributed by atoms with Crippen molar-refractivity contribution in [2.75, 3.05) is 26.0 Å². The highest BCUT2D eigenvalue weighted by molar-refractivity contribution is 5.93. The van der Waals surface area contributed by atoms with Crippen molar-refractivity contribution in [2.24, 2.45) is 5.73 Å². The molecule has 1 aromatic heterocycles. The molecule has 0 saturated heterocycles. The largest absolute Gasteiger partial charge is 0.367 e. The lowest BCUT2D eigenvalue weighted by Crippen LogP contribution is -2.24. The van der Waals surface area contributed by atoms with Gasteiger partial charge in [0.15, 0.2) is 0 Å². The van der Waals surface area contributed by atoms with Crippen molar-refractivity contribution < 1.29 is 4.79 Å². The number of nitrogens with zero attached hydrogens (tertiary/aromatic N) is 2. The fourth-order valence-electron chi connectivity index (χ4n) is 1.65. The lowest BCUT2D eigenvalue weighted by atomic mass is 10.1. The van der Waals surface area contributed by atoms with Gasteiger partial charge in [-0.25, -0.2) is 4.98 Å². The highest BCUT2D eigenvalue weighted by Crippen LogP contribution is 2.10. The van der Waals surface area contributed by atoms with Crippen LogP contribution >= 0.6 is 0 Å². The molecule has 1 rings (SSSR count). The molecule has 0 saturated carbocycles. The number of pyridine rings is 1. The molecule has 0 aliphatic rings. The fraction of sp³-hybridized carbons (Fsp3) is 0.538. The van der Waals surface area contributed by atoms with Crippen LogP contribution in [0.2, 0.25) is 0 Å². The first-order valence-corrected chi connectivity index (χ1v) is 6.22. The predicted molar refractivity (Wildman–Crippen MR) is 73.6 cm³/mol. The summed E-state index contributed by atoms with van der Waals surface area (Å²) >= 11 is 0. The summed E-state index contributed by atoms with van der Waals surface area (Å²) in [6.45, 7) is 2.76. The van der Waals surface area contributed by atoms with E-state index in [1.54, 1.807) is 26.4 Å². The Balaban J connectivity index is 2.68. The van der Waals surface area contributed by atoms with E-state index in [2.05, 4.69) is 17.2 Å². The lowest BCUT2D eigenvalue weighted by Gasteiger charge is -2.17. The van der Waals surface area contributed by atoms with Crippen LogP contribution in [0.1, 0.15) is 30.1 Å². The molecule has 0 aliphatic heterocycles. The van der Waals surface area contributed by atoms with E-state index in [0.717, 1.165) is 18.7 Å². The van der Waals surface area contributed by atoms with Crippen molar-refractivity contribution in [1.29, 1.82) is 0 Å². The molecular formula is C13H22N4O. The van der Waals surface area contributed by atoms with Crippen LogP contribution in [-0.2, 0) is 0 Å². The van der Waals surface area contributed by atoms with Crippen molar-refractivity contribution >= 4 is 11.7 Å². The number of aromatic nitrogens is 1. The smallest absolute Gasteiger partial charge is 0.254 e. The van der Waals surface area contributed by atoms with Crippen LogP contribution in [0, 0.1) is 0 Å². The molecule has 3 N–H and O–H groups in total. The van der Waals surface area contributed by atoms with E-state index in [4.69, 9.17) is 5.73 Å². The molecule has 0 aromatic carbocycles. The van der Waals surface area contributed by atoms with Gasteiger partial charge in [0, 0.05) is 26.3 Å². The minimum atomic E-state index is -0.0388. The third-order valence-corrected chi connectivity index (χ3v) is 2.78. The van der Waals surface area contributed by atoms with E-state index < -0.39 is 0 Å². The highest BCUT2D eigenvalue weighted by Gasteiger charge is 2.09. The standard InChI is InChI=1S/C13H22N4O/c1-4-11(7-8-14)16-12-6-5-10(9-15-12)13(18)17(2)3/h5-6,9,11H,4,7-8,14H2,1-3H3,(H,15,16). The Hall–Kier alpha value is -1.62. The predicted octanol–water partition coefficient (Wildman–Crippen LogP) is 1.32. The summed E-state index contributed by atoms with van der Waals surface area (Å²) in [6.07, 6.45) is 3.51. The Kier molecular flexibility index (Phi) is 5.58. The first kappa shape index (κ1) is 14.4. The van der Waals surface area contributed by atoms with Crippen LogP contribution in [0.25, 0.3) is 0 Å². The molecule has 1 atom stereocenters. The van der Waals surface area contributed by atoms with E-state index in [-0.39, 0.29) is 5.91 Å². The maximum atomic E-state index is 11.7. The molecular weight excluding hydrogens is 228 g/mol. The average Bonchev–Trinajstić information content (AvgIpc) is 2.38. The van der Waals surface area contributed by atoms with Gasteiger partial charge in [-0.3, -0.25) is 4.79 Å². The lowest BCUT2D eigenvalue weighted by molar-refractivity contribution is 0.0827. The molecule has 0 fully saturated rings. The summed E-state index contributed by atoms with van der Waals surface area (Å²) in [5.74, 6) is 0.744. The Bertz CT molecular complexity index is 375. The molecule has 0 radical (unpaired) electrons. The van der Waals surface area contributed by atoms with Gasteiger partial charge in [-0.1, -0.05) is 6.92 Å². The van der Waals surface area contributed by atoms with Crippen LogP contribution in [0.4, 0.5) is 5.82 Å². The van der Waals surface area contributed by atoms with E-state index >= 15 is 0 Å². The second kappa shape index (κ2) is 6.96. The SMILES string of the molecule is CCC(CCN)Nc1ccc(C(=O)N(C)C)cn1. The van der Waals surface area contributed by atoms with Crippen molar-refractivity contribution in [1.82, 2.24) is 9.88 Å². The molecule has 0 aliphatic carbocycles. The first-order chi connectivity index (χ1) is 8.58. The number of hydrogen-bond donors (Lipinski definition) is 2. The van der Waals surface area contributed by atoms with Crippen LogP contribution in [0.15, 0.2) is 18.3 Å². The van der Waals surface area contributed by atoms with Gasteiger partial charge in [0.1, 0.15) is 5.82 Å². The summed E-state index contributed by atoms with van der Waals surface area (Å²) in [6, 6.07) is 3.95. The molecule has 18 heavy (non-hydrogen) atoms. The quantitative estimate of drug-likeness (QED) is 0.799. The van der Waals surface area contributed by atoms with E-state index in [9.17, 15) is 4.79 Å². The van der Waals surface area contributed by atoms with Crippen LogP contribution in [0.5, 0.6) is 0 Å². The van der Waals surface area contributed by atoms with Crippen LogP contribution < -0.4 is 11.1 Å². The van der Waals surface area contributed by atoms with Gasteiger partial charge in [0.2, 0.25) is 0 Å².